The molecule has 2 N–H and O–H groups in total. The van der Waals surface area contributed by atoms with Crippen LogP contribution in [0.5, 0.6) is 5.75 Å². The van der Waals surface area contributed by atoms with Crippen LogP contribution in [0.3, 0.4) is 0 Å². The number of nitrogens with one attached hydrogen (secondary N) is 2. The number of aromatic nitrogens is 1. The Morgan fingerprint density at radius 1 is 1.40 bits per heavy atom. The van der Waals surface area contributed by atoms with Gasteiger partial charge in [-0.1, -0.05) is 19.8 Å². The summed E-state index contributed by atoms with van der Waals surface area (Å²) < 4.78 is 5.57. The minimum atomic E-state index is -0.506. The predicted octanol–water partition coefficient (Wildman–Crippen LogP) is 1.87. The number of amides is 1. The zero-order valence-corrected chi connectivity index (χ0v) is 12.6. The number of carbonyl (C=O) groups excluding carboxylic acids is 1. The highest BCUT2D eigenvalue weighted by Gasteiger charge is 2.13. The summed E-state index contributed by atoms with van der Waals surface area (Å²) in [5.74, 6) is 0.529. The Hall–Kier alpha value is -1.62. The van der Waals surface area contributed by atoms with Crippen molar-refractivity contribution in [3.63, 3.8) is 0 Å². The lowest BCUT2D eigenvalue weighted by Gasteiger charge is -2.14. The molecule has 0 bridgehead atoms. The van der Waals surface area contributed by atoms with Crippen molar-refractivity contribution in [3.8, 4) is 5.75 Å². The highest BCUT2D eigenvalue weighted by Crippen LogP contribution is 2.11. The zero-order valence-electron chi connectivity index (χ0n) is 12.6. The first-order chi connectivity index (χ1) is 9.67. The first-order valence-corrected chi connectivity index (χ1v) is 7.21. The Bertz CT molecular complexity index is 393. The van der Waals surface area contributed by atoms with E-state index in [-0.39, 0.29) is 5.91 Å². The van der Waals surface area contributed by atoms with Crippen LogP contribution >= 0.6 is 0 Å². The largest absolute Gasteiger partial charge is 0.479 e. The van der Waals surface area contributed by atoms with Crippen LogP contribution in [0.4, 0.5) is 0 Å². The molecule has 0 saturated carbocycles. The van der Waals surface area contributed by atoms with Crippen LogP contribution in [0, 0.1) is 0 Å². The molecule has 0 aliphatic rings. The Balaban J connectivity index is 2.36. The number of unbranched alkanes of at least 4 members (excludes halogenated alkanes) is 2. The van der Waals surface area contributed by atoms with Crippen LogP contribution in [0.15, 0.2) is 18.3 Å². The van der Waals surface area contributed by atoms with Crippen molar-refractivity contribution < 1.29 is 9.53 Å². The first-order valence-electron chi connectivity index (χ1n) is 7.21. The summed E-state index contributed by atoms with van der Waals surface area (Å²) in [7, 11) is 1.87. The Labute approximate surface area is 121 Å². The highest BCUT2D eigenvalue weighted by atomic mass is 16.5. The van der Waals surface area contributed by atoms with E-state index in [1.54, 1.807) is 13.1 Å². The van der Waals surface area contributed by atoms with Crippen molar-refractivity contribution >= 4 is 5.91 Å². The Kier molecular flexibility index (Phi) is 7.65. The van der Waals surface area contributed by atoms with Gasteiger partial charge in [-0.05, 0) is 32.5 Å². The van der Waals surface area contributed by atoms with Gasteiger partial charge in [0.05, 0.1) is 11.9 Å². The van der Waals surface area contributed by atoms with Gasteiger partial charge in [0.15, 0.2) is 6.10 Å². The van der Waals surface area contributed by atoms with Gasteiger partial charge < -0.3 is 15.4 Å². The maximum Gasteiger partial charge on any atom is 0.260 e. The molecule has 0 saturated heterocycles. The molecule has 0 aliphatic carbocycles. The lowest BCUT2D eigenvalue weighted by Crippen LogP contribution is -2.36. The van der Waals surface area contributed by atoms with Gasteiger partial charge in [-0.25, -0.2) is 0 Å². The molecule has 5 nitrogen and oxygen atoms in total. The maximum atomic E-state index is 11.8. The fraction of sp³-hybridized carbons (Fsp3) is 0.600. The third-order valence-electron chi connectivity index (χ3n) is 2.92. The molecule has 20 heavy (non-hydrogen) atoms. The second-order valence-electron chi connectivity index (χ2n) is 4.77. The van der Waals surface area contributed by atoms with Crippen LogP contribution in [0.1, 0.15) is 38.8 Å². The summed E-state index contributed by atoms with van der Waals surface area (Å²) in [5.41, 5.74) is 0.941. The van der Waals surface area contributed by atoms with Crippen molar-refractivity contribution in [2.45, 2.75) is 45.8 Å². The number of nitrogens with zero attached hydrogens (tertiary/aromatic N) is 1. The average molecular weight is 279 g/mol. The number of hydrogen-bond acceptors (Lipinski definition) is 4. The van der Waals surface area contributed by atoms with Gasteiger partial charge in [-0.15, -0.1) is 0 Å². The van der Waals surface area contributed by atoms with E-state index in [0.29, 0.717) is 18.8 Å². The van der Waals surface area contributed by atoms with E-state index in [0.717, 1.165) is 25.0 Å². The van der Waals surface area contributed by atoms with E-state index in [1.807, 2.05) is 19.2 Å². The average Bonchev–Trinajstić information content (AvgIpc) is 2.45. The van der Waals surface area contributed by atoms with Crippen molar-refractivity contribution in [2.75, 3.05) is 13.6 Å². The molecule has 1 atom stereocenters. The Morgan fingerprint density at radius 2 is 2.20 bits per heavy atom. The van der Waals surface area contributed by atoms with E-state index in [2.05, 4.69) is 22.5 Å². The van der Waals surface area contributed by atoms with Crippen molar-refractivity contribution in [3.05, 3.63) is 24.0 Å². The second kappa shape index (κ2) is 9.31. The molecule has 1 amide bonds. The van der Waals surface area contributed by atoms with E-state index in [9.17, 15) is 4.79 Å². The molecule has 1 aromatic heterocycles. The zero-order chi connectivity index (χ0) is 14.8. The Morgan fingerprint density at radius 3 is 2.80 bits per heavy atom. The number of carbonyl (C=O) groups is 1. The SMILES string of the molecule is CCCCCNC(=O)C(C)Oc1ccc(CNC)nc1. The number of hydrogen-bond donors (Lipinski definition) is 2. The van der Waals surface area contributed by atoms with Crippen molar-refractivity contribution in [1.82, 2.24) is 15.6 Å². The molecular formula is C15H25N3O2. The van der Waals surface area contributed by atoms with Crippen LogP contribution in [-0.4, -0.2) is 30.6 Å². The molecule has 5 heteroatoms. The lowest BCUT2D eigenvalue weighted by atomic mass is 10.2. The fourth-order valence-corrected chi connectivity index (χ4v) is 1.75. The molecule has 0 aromatic carbocycles. The summed E-state index contributed by atoms with van der Waals surface area (Å²) in [5, 5.41) is 5.90. The van der Waals surface area contributed by atoms with Crippen LogP contribution in [-0.2, 0) is 11.3 Å². The van der Waals surface area contributed by atoms with E-state index >= 15 is 0 Å². The first kappa shape index (κ1) is 16.4. The minimum absolute atomic E-state index is 0.0830. The van der Waals surface area contributed by atoms with Crippen LogP contribution in [0.25, 0.3) is 0 Å². The van der Waals surface area contributed by atoms with Gasteiger partial charge in [0.1, 0.15) is 5.75 Å². The van der Waals surface area contributed by atoms with Crippen LogP contribution in [0.2, 0.25) is 0 Å². The van der Waals surface area contributed by atoms with E-state index < -0.39 is 6.10 Å². The third-order valence-corrected chi connectivity index (χ3v) is 2.92. The summed E-state index contributed by atoms with van der Waals surface area (Å²) in [4.78, 5) is 16.1. The van der Waals surface area contributed by atoms with Gasteiger partial charge in [0.25, 0.3) is 5.91 Å². The molecule has 0 aliphatic heterocycles. The molecule has 0 fully saturated rings. The summed E-state index contributed by atoms with van der Waals surface area (Å²) >= 11 is 0. The van der Waals surface area contributed by atoms with Gasteiger partial charge in [-0.3, -0.25) is 9.78 Å². The normalized spacial score (nSPS) is 11.9. The van der Waals surface area contributed by atoms with Crippen LogP contribution < -0.4 is 15.4 Å². The summed E-state index contributed by atoms with van der Waals surface area (Å²) in [6.45, 7) is 5.31. The van der Waals surface area contributed by atoms with Gasteiger partial charge in [0, 0.05) is 13.1 Å². The summed E-state index contributed by atoms with van der Waals surface area (Å²) in [6.07, 6.45) is 4.43. The van der Waals surface area contributed by atoms with Crippen molar-refractivity contribution in [2.24, 2.45) is 0 Å². The molecule has 112 valence electrons. The lowest BCUT2D eigenvalue weighted by molar-refractivity contribution is -0.127. The van der Waals surface area contributed by atoms with Gasteiger partial charge in [-0.2, -0.15) is 0 Å². The number of pyridine rings is 1. The standard InChI is InChI=1S/C15H25N3O2/c1-4-5-6-9-17-15(19)12(2)20-14-8-7-13(10-16-3)18-11-14/h7-8,11-12,16H,4-6,9-10H2,1-3H3,(H,17,19). The molecule has 0 spiro atoms. The molecule has 1 heterocycles. The second-order valence-corrected chi connectivity index (χ2v) is 4.77. The summed E-state index contributed by atoms with van der Waals surface area (Å²) in [6, 6.07) is 3.72. The number of rotatable bonds is 9. The topological polar surface area (TPSA) is 63.2 Å². The molecule has 0 radical (unpaired) electrons. The third kappa shape index (κ3) is 6.02. The molecule has 1 unspecified atom stereocenters. The van der Waals surface area contributed by atoms with E-state index in [4.69, 9.17) is 4.74 Å². The smallest absolute Gasteiger partial charge is 0.260 e. The minimum Gasteiger partial charge on any atom is -0.479 e. The molecule has 1 aromatic rings. The number of ether oxygens (including phenoxy) is 1. The monoisotopic (exact) mass is 279 g/mol. The quantitative estimate of drug-likeness (QED) is 0.677. The highest BCUT2D eigenvalue weighted by molar-refractivity contribution is 5.80. The molecular weight excluding hydrogens is 254 g/mol. The van der Waals surface area contributed by atoms with E-state index in [1.165, 1.54) is 0 Å². The molecule has 1 rings (SSSR count). The fourth-order valence-electron chi connectivity index (χ4n) is 1.75. The van der Waals surface area contributed by atoms with Crippen molar-refractivity contribution in [1.29, 1.82) is 0 Å². The maximum absolute atomic E-state index is 11.8. The predicted molar refractivity (Wildman–Crippen MR) is 79.6 cm³/mol. The van der Waals surface area contributed by atoms with Gasteiger partial charge in [0.2, 0.25) is 0 Å². The van der Waals surface area contributed by atoms with Gasteiger partial charge >= 0.3 is 0 Å².